The fourth-order valence-corrected chi connectivity index (χ4v) is 1.68. The van der Waals surface area contributed by atoms with Gasteiger partial charge in [-0.1, -0.05) is 12.1 Å². The van der Waals surface area contributed by atoms with Crippen molar-refractivity contribution in [3.63, 3.8) is 0 Å². The number of benzene rings is 2. The fourth-order valence-electron chi connectivity index (χ4n) is 1.68. The van der Waals surface area contributed by atoms with Gasteiger partial charge in [0.05, 0.1) is 11.1 Å². The number of para-hydroxylation sites is 1. The molecule has 0 saturated carbocycles. The molecule has 0 radical (unpaired) electrons. The first-order chi connectivity index (χ1) is 9.78. The number of alkyl halides is 3. The summed E-state index contributed by atoms with van der Waals surface area (Å²) in [5, 5.41) is 0. The van der Waals surface area contributed by atoms with E-state index in [0.29, 0.717) is 6.07 Å². The summed E-state index contributed by atoms with van der Waals surface area (Å²) in [6.07, 6.45) is -5.00. The van der Waals surface area contributed by atoms with Gasteiger partial charge in [-0.3, -0.25) is 4.79 Å². The quantitative estimate of drug-likeness (QED) is 0.630. The van der Waals surface area contributed by atoms with Crippen molar-refractivity contribution in [3.8, 4) is 5.75 Å². The molecule has 0 aliphatic carbocycles. The van der Waals surface area contributed by atoms with Crippen molar-refractivity contribution in [3.05, 3.63) is 65.2 Å². The maximum atomic E-state index is 13.5. The van der Waals surface area contributed by atoms with E-state index in [4.69, 9.17) is 0 Å². The number of halogens is 5. The van der Waals surface area contributed by atoms with E-state index in [2.05, 4.69) is 4.74 Å². The molecule has 0 heterocycles. The summed E-state index contributed by atoms with van der Waals surface area (Å²) in [5.74, 6) is -3.80. The molecule has 0 unspecified atom stereocenters. The third kappa shape index (κ3) is 3.56. The van der Waals surface area contributed by atoms with Crippen LogP contribution in [0.3, 0.4) is 0 Å². The number of hydrogen-bond acceptors (Lipinski definition) is 2. The van der Waals surface area contributed by atoms with Gasteiger partial charge in [-0.25, -0.2) is 8.78 Å². The van der Waals surface area contributed by atoms with Crippen LogP contribution in [0.15, 0.2) is 42.5 Å². The monoisotopic (exact) mass is 302 g/mol. The van der Waals surface area contributed by atoms with E-state index in [1.165, 1.54) is 12.1 Å². The van der Waals surface area contributed by atoms with E-state index in [0.717, 1.165) is 24.3 Å². The SMILES string of the molecule is O=C(c1cc(F)ccc1F)c1ccccc1OC(F)(F)F. The lowest BCUT2D eigenvalue weighted by Crippen LogP contribution is -2.19. The van der Waals surface area contributed by atoms with Crippen LogP contribution in [0.1, 0.15) is 15.9 Å². The van der Waals surface area contributed by atoms with Gasteiger partial charge in [-0.2, -0.15) is 0 Å². The number of rotatable bonds is 3. The van der Waals surface area contributed by atoms with E-state index in [1.807, 2.05) is 0 Å². The number of ketones is 1. The highest BCUT2D eigenvalue weighted by Crippen LogP contribution is 2.28. The summed E-state index contributed by atoms with van der Waals surface area (Å²) in [6.45, 7) is 0. The van der Waals surface area contributed by atoms with Crippen LogP contribution in [0.5, 0.6) is 5.75 Å². The highest BCUT2D eigenvalue weighted by Gasteiger charge is 2.33. The zero-order valence-corrected chi connectivity index (χ0v) is 10.2. The number of carbonyl (C=O) groups is 1. The van der Waals surface area contributed by atoms with Crippen LogP contribution < -0.4 is 4.74 Å². The van der Waals surface area contributed by atoms with Crippen molar-refractivity contribution in [1.29, 1.82) is 0 Å². The Hall–Kier alpha value is -2.44. The molecule has 2 aromatic carbocycles. The first-order valence-electron chi connectivity index (χ1n) is 5.62. The molecule has 0 N–H and O–H groups in total. The Kier molecular flexibility index (Phi) is 3.93. The fraction of sp³-hybridized carbons (Fsp3) is 0.0714. The predicted octanol–water partition coefficient (Wildman–Crippen LogP) is 4.09. The maximum absolute atomic E-state index is 13.5. The third-order valence-electron chi connectivity index (χ3n) is 2.53. The van der Waals surface area contributed by atoms with E-state index in [-0.39, 0.29) is 0 Å². The largest absolute Gasteiger partial charge is 0.573 e. The molecule has 0 fully saturated rings. The topological polar surface area (TPSA) is 26.3 Å². The average molecular weight is 302 g/mol. The van der Waals surface area contributed by atoms with Crippen molar-refractivity contribution in [2.24, 2.45) is 0 Å². The van der Waals surface area contributed by atoms with Gasteiger partial charge in [0.1, 0.15) is 17.4 Å². The van der Waals surface area contributed by atoms with Gasteiger partial charge >= 0.3 is 6.36 Å². The lowest BCUT2D eigenvalue weighted by Gasteiger charge is -2.12. The molecule has 2 rings (SSSR count). The molecule has 21 heavy (non-hydrogen) atoms. The molecule has 2 aromatic rings. The Morgan fingerprint density at radius 1 is 0.952 bits per heavy atom. The van der Waals surface area contributed by atoms with Crippen molar-refractivity contribution in [2.45, 2.75) is 6.36 Å². The van der Waals surface area contributed by atoms with Crippen molar-refractivity contribution >= 4 is 5.78 Å². The molecule has 0 aliphatic rings. The van der Waals surface area contributed by atoms with Crippen LogP contribution in [0, 0.1) is 11.6 Å². The van der Waals surface area contributed by atoms with Crippen LogP contribution >= 0.6 is 0 Å². The van der Waals surface area contributed by atoms with E-state index in [1.54, 1.807) is 0 Å². The highest BCUT2D eigenvalue weighted by atomic mass is 19.4. The maximum Gasteiger partial charge on any atom is 0.573 e. The molecule has 110 valence electrons. The van der Waals surface area contributed by atoms with Gasteiger partial charge in [0.15, 0.2) is 5.78 Å². The molecule has 0 aromatic heterocycles. The Morgan fingerprint density at radius 3 is 2.29 bits per heavy atom. The van der Waals surface area contributed by atoms with Gasteiger partial charge in [-0.05, 0) is 30.3 Å². The first kappa shape index (κ1) is 15.0. The van der Waals surface area contributed by atoms with Crippen LogP contribution in [0.2, 0.25) is 0 Å². The van der Waals surface area contributed by atoms with Gasteiger partial charge < -0.3 is 4.74 Å². The van der Waals surface area contributed by atoms with Gasteiger partial charge in [-0.15, -0.1) is 13.2 Å². The molecule has 0 spiro atoms. The molecule has 0 saturated heterocycles. The summed E-state index contributed by atoms with van der Waals surface area (Å²) in [4.78, 5) is 12.1. The number of hydrogen-bond donors (Lipinski definition) is 0. The minimum Gasteiger partial charge on any atom is -0.405 e. The van der Waals surface area contributed by atoms with Crippen LogP contribution in [-0.4, -0.2) is 12.1 Å². The third-order valence-corrected chi connectivity index (χ3v) is 2.53. The predicted molar refractivity (Wildman–Crippen MR) is 62.9 cm³/mol. The summed E-state index contributed by atoms with van der Waals surface area (Å²) >= 11 is 0. The standard InChI is InChI=1S/C14H7F5O2/c15-8-5-6-11(16)10(7-8)13(20)9-3-1-2-4-12(9)21-14(17,18)19/h1-7H. The average Bonchev–Trinajstić information content (AvgIpc) is 2.39. The lowest BCUT2D eigenvalue weighted by atomic mass is 10.0. The van der Waals surface area contributed by atoms with E-state index < -0.39 is 40.7 Å². The van der Waals surface area contributed by atoms with Gasteiger partial charge in [0, 0.05) is 0 Å². The number of carbonyl (C=O) groups excluding carboxylic acids is 1. The molecule has 2 nitrogen and oxygen atoms in total. The van der Waals surface area contributed by atoms with E-state index in [9.17, 15) is 26.7 Å². The number of ether oxygens (including phenoxy) is 1. The van der Waals surface area contributed by atoms with Crippen molar-refractivity contribution < 1.29 is 31.5 Å². The highest BCUT2D eigenvalue weighted by molar-refractivity contribution is 6.10. The van der Waals surface area contributed by atoms with Crippen molar-refractivity contribution in [2.75, 3.05) is 0 Å². The Bertz CT molecular complexity index is 679. The summed E-state index contributed by atoms with van der Waals surface area (Å²) in [7, 11) is 0. The second-order valence-electron chi connectivity index (χ2n) is 4.00. The zero-order chi connectivity index (χ0) is 15.6. The minimum atomic E-state index is -5.00. The molecule has 7 heteroatoms. The molecule has 0 aliphatic heterocycles. The normalized spacial score (nSPS) is 11.3. The summed E-state index contributed by atoms with van der Waals surface area (Å²) in [6, 6.07) is 6.58. The Balaban J connectivity index is 2.46. The Morgan fingerprint density at radius 2 is 1.62 bits per heavy atom. The summed E-state index contributed by atoms with van der Waals surface area (Å²) in [5.41, 5.74) is -1.19. The van der Waals surface area contributed by atoms with Gasteiger partial charge in [0.2, 0.25) is 0 Å². The van der Waals surface area contributed by atoms with Gasteiger partial charge in [0.25, 0.3) is 0 Å². The van der Waals surface area contributed by atoms with Crippen molar-refractivity contribution in [1.82, 2.24) is 0 Å². The molecule has 0 bridgehead atoms. The van der Waals surface area contributed by atoms with E-state index >= 15 is 0 Å². The molecule has 0 atom stereocenters. The second-order valence-corrected chi connectivity index (χ2v) is 4.00. The van der Waals surface area contributed by atoms with Crippen LogP contribution in [-0.2, 0) is 0 Å². The van der Waals surface area contributed by atoms with Crippen LogP contribution in [0.4, 0.5) is 22.0 Å². The van der Waals surface area contributed by atoms with Crippen LogP contribution in [0.25, 0.3) is 0 Å². The smallest absolute Gasteiger partial charge is 0.405 e. The zero-order valence-electron chi connectivity index (χ0n) is 10.2. The molecular weight excluding hydrogens is 295 g/mol. The second kappa shape index (κ2) is 5.51. The summed E-state index contributed by atoms with van der Waals surface area (Å²) < 4.78 is 67.1. The first-order valence-corrected chi connectivity index (χ1v) is 5.62. The lowest BCUT2D eigenvalue weighted by molar-refractivity contribution is -0.274. The minimum absolute atomic E-state index is 0.515. The molecule has 0 amide bonds. The Labute approximate surface area is 115 Å². The molecular formula is C14H7F5O2.